The minimum Gasteiger partial charge on any atom is -0.377 e. The van der Waals surface area contributed by atoms with Crippen LogP contribution in [0.5, 0.6) is 0 Å². The first-order valence-corrected chi connectivity index (χ1v) is 12.5. The number of aryl methyl sites for hydroxylation is 2. The molecule has 3 aromatic carbocycles. The molecule has 0 N–H and O–H groups in total. The Morgan fingerprint density at radius 3 is 2.09 bits per heavy atom. The maximum absolute atomic E-state index is 15.0. The summed E-state index contributed by atoms with van der Waals surface area (Å²) in [6, 6.07) is 14.0. The van der Waals surface area contributed by atoms with Crippen LogP contribution in [0.3, 0.4) is 0 Å². The molecule has 5 heteroatoms. The van der Waals surface area contributed by atoms with Gasteiger partial charge in [-0.3, -0.25) is 0 Å². The van der Waals surface area contributed by atoms with E-state index in [2.05, 4.69) is 0 Å². The van der Waals surface area contributed by atoms with Crippen LogP contribution >= 0.6 is 0 Å². The van der Waals surface area contributed by atoms with Gasteiger partial charge < -0.3 is 4.74 Å². The lowest BCUT2D eigenvalue weighted by atomic mass is 9.76. The summed E-state index contributed by atoms with van der Waals surface area (Å²) in [5, 5.41) is 0. The molecule has 0 atom stereocenters. The van der Waals surface area contributed by atoms with Crippen molar-refractivity contribution in [2.24, 2.45) is 5.92 Å². The molecule has 1 nitrogen and oxygen atoms in total. The predicted octanol–water partition coefficient (Wildman–Crippen LogP) is 8.66. The molecule has 4 rings (SSSR count). The highest BCUT2D eigenvalue weighted by molar-refractivity contribution is 5.65. The van der Waals surface area contributed by atoms with Gasteiger partial charge in [-0.05, 0) is 80.9 Å². The summed E-state index contributed by atoms with van der Waals surface area (Å²) in [5.74, 6) is -2.83. The third-order valence-electron chi connectivity index (χ3n) is 7.29. The molecule has 1 saturated carbocycles. The summed E-state index contributed by atoms with van der Waals surface area (Å²) in [5.41, 5.74) is 3.06. The van der Waals surface area contributed by atoms with Crippen molar-refractivity contribution in [1.82, 2.24) is 0 Å². The fourth-order valence-corrected chi connectivity index (χ4v) is 5.10. The normalized spacial score (nSPS) is 18.1. The zero-order valence-electron chi connectivity index (χ0n) is 20.4. The maximum Gasteiger partial charge on any atom is 0.166 e. The molecule has 1 fully saturated rings. The van der Waals surface area contributed by atoms with E-state index in [9.17, 15) is 13.2 Å². The summed E-state index contributed by atoms with van der Waals surface area (Å²) >= 11 is 0. The molecule has 0 heterocycles. The van der Waals surface area contributed by atoms with Crippen LogP contribution in [0.2, 0.25) is 0 Å². The smallest absolute Gasteiger partial charge is 0.166 e. The van der Waals surface area contributed by atoms with Crippen LogP contribution < -0.4 is 0 Å². The summed E-state index contributed by atoms with van der Waals surface area (Å²) in [6.07, 6.45) is 4.44. The lowest BCUT2D eigenvalue weighted by Crippen LogP contribution is -2.16. The Kier molecular flexibility index (Phi) is 8.27. The van der Waals surface area contributed by atoms with Gasteiger partial charge >= 0.3 is 0 Å². The van der Waals surface area contributed by atoms with Crippen molar-refractivity contribution in [2.75, 3.05) is 6.61 Å². The van der Waals surface area contributed by atoms with E-state index < -0.39 is 23.3 Å². The van der Waals surface area contributed by atoms with Gasteiger partial charge in [-0.1, -0.05) is 54.1 Å². The lowest BCUT2D eigenvalue weighted by Gasteiger charge is -2.29. The quantitative estimate of drug-likeness (QED) is 0.291. The number of benzene rings is 3. The highest BCUT2D eigenvalue weighted by atomic mass is 19.2. The zero-order chi connectivity index (χ0) is 24.9. The van der Waals surface area contributed by atoms with E-state index in [1.54, 1.807) is 36.4 Å². The van der Waals surface area contributed by atoms with Gasteiger partial charge in [0.05, 0.1) is 6.61 Å². The van der Waals surface area contributed by atoms with Crippen molar-refractivity contribution < 1.29 is 22.3 Å². The van der Waals surface area contributed by atoms with Gasteiger partial charge in [0.15, 0.2) is 23.3 Å². The largest absolute Gasteiger partial charge is 0.377 e. The molecule has 0 aromatic heterocycles. The maximum atomic E-state index is 15.0. The molecule has 35 heavy (non-hydrogen) atoms. The van der Waals surface area contributed by atoms with E-state index in [1.165, 1.54) is 0 Å². The Labute approximate surface area is 205 Å². The predicted molar refractivity (Wildman–Crippen MR) is 131 cm³/mol. The van der Waals surface area contributed by atoms with Crippen LogP contribution in [-0.4, -0.2) is 6.61 Å². The first-order valence-electron chi connectivity index (χ1n) is 12.5. The number of halogens is 4. The van der Waals surface area contributed by atoms with E-state index in [0.29, 0.717) is 35.6 Å². The van der Waals surface area contributed by atoms with Gasteiger partial charge in [-0.25, -0.2) is 17.6 Å². The number of hydrogen-bond acceptors (Lipinski definition) is 1. The van der Waals surface area contributed by atoms with Crippen molar-refractivity contribution in [3.8, 4) is 11.1 Å². The minimum atomic E-state index is -0.828. The molecule has 0 saturated heterocycles. The Bertz CT molecular complexity index is 1150. The van der Waals surface area contributed by atoms with Gasteiger partial charge in [0, 0.05) is 17.7 Å². The Hall–Kier alpha value is -2.66. The van der Waals surface area contributed by atoms with Gasteiger partial charge in [-0.15, -0.1) is 0 Å². The number of hydrogen-bond donors (Lipinski definition) is 0. The second-order valence-electron chi connectivity index (χ2n) is 9.60. The molecule has 0 amide bonds. The van der Waals surface area contributed by atoms with Crippen LogP contribution in [0.1, 0.15) is 67.2 Å². The van der Waals surface area contributed by atoms with Crippen molar-refractivity contribution in [3.63, 3.8) is 0 Å². The third kappa shape index (κ3) is 5.78. The molecule has 0 radical (unpaired) electrons. The molecule has 1 aliphatic rings. The first-order chi connectivity index (χ1) is 16.9. The summed E-state index contributed by atoms with van der Waals surface area (Å²) < 4.78 is 63.9. The number of rotatable bonds is 8. The van der Waals surface area contributed by atoms with Gasteiger partial charge in [0.2, 0.25) is 0 Å². The third-order valence-corrected chi connectivity index (χ3v) is 7.29. The first kappa shape index (κ1) is 25.4. The van der Waals surface area contributed by atoms with E-state index >= 15 is 4.39 Å². The lowest BCUT2D eigenvalue weighted by molar-refractivity contribution is 0.131. The van der Waals surface area contributed by atoms with Crippen molar-refractivity contribution in [1.29, 1.82) is 0 Å². The van der Waals surface area contributed by atoms with Gasteiger partial charge in [0.1, 0.15) is 0 Å². The highest BCUT2D eigenvalue weighted by Crippen LogP contribution is 2.40. The highest BCUT2D eigenvalue weighted by Gasteiger charge is 2.27. The van der Waals surface area contributed by atoms with Crippen LogP contribution in [-0.2, 0) is 17.8 Å². The standard InChI is InChI=1S/C30H32F4O/c1-3-35-18-24-15-14-23(27(31)28(24)32)13-8-20-6-11-22(12-7-20)26-17-16-25(29(33)30(26)34)21-9-4-19(2)5-10-21/h4-5,9-10,14-17,20,22H,3,6-8,11-13,18H2,1-2H3. The van der Waals surface area contributed by atoms with E-state index in [-0.39, 0.29) is 23.7 Å². The zero-order valence-corrected chi connectivity index (χ0v) is 20.4. The minimum absolute atomic E-state index is 0.0279. The number of ether oxygens (including phenoxy) is 1. The Morgan fingerprint density at radius 1 is 0.743 bits per heavy atom. The summed E-state index contributed by atoms with van der Waals surface area (Å²) in [7, 11) is 0. The molecule has 0 aliphatic heterocycles. The molecule has 0 unspecified atom stereocenters. The topological polar surface area (TPSA) is 9.23 Å². The van der Waals surface area contributed by atoms with Crippen LogP contribution in [0.25, 0.3) is 11.1 Å². The van der Waals surface area contributed by atoms with Gasteiger partial charge in [-0.2, -0.15) is 0 Å². The van der Waals surface area contributed by atoms with Crippen LogP contribution in [0.15, 0.2) is 48.5 Å². The SMILES string of the molecule is CCOCc1ccc(CCC2CCC(c3ccc(-c4ccc(C)cc4)c(F)c3F)CC2)c(F)c1F. The molecule has 186 valence electrons. The Balaban J connectivity index is 1.36. The average molecular weight is 485 g/mol. The van der Waals surface area contributed by atoms with E-state index in [0.717, 1.165) is 37.7 Å². The second-order valence-corrected chi connectivity index (χ2v) is 9.60. The molecular weight excluding hydrogens is 452 g/mol. The van der Waals surface area contributed by atoms with E-state index in [4.69, 9.17) is 4.74 Å². The molecular formula is C30H32F4O. The molecule has 1 aliphatic carbocycles. The average Bonchev–Trinajstić information content (AvgIpc) is 2.87. The van der Waals surface area contributed by atoms with Crippen LogP contribution in [0, 0.1) is 36.1 Å². The fourth-order valence-electron chi connectivity index (χ4n) is 5.10. The summed E-state index contributed by atoms with van der Waals surface area (Å²) in [6.45, 7) is 4.27. The van der Waals surface area contributed by atoms with Gasteiger partial charge in [0.25, 0.3) is 0 Å². The molecule has 0 bridgehead atoms. The monoisotopic (exact) mass is 484 g/mol. The fraction of sp³-hybridized carbons (Fsp3) is 0.400. The van der Waals surface area contributed by atoms with Crippen molar-refractivity contribution in [3.05, 3.63) is 94.1 Å². The Morgan fingerprint density at radius 2 is 1.40 bits per heavy atom. The molecule has 3 aromatic rings. The molecule has 0 spiro atoms. The summed E-state index contributed by atoms with van der Waals surface area (Å²) in [4.78, 5) is 0. The van der Waals surface area contributed by atoms with E-state index in [1.807, 2.05) is 26.0 Å². The van der Waals surface area contributed by atoms with Crippen molar-refractivity contribution in [2.45, 2.75) is 64.9 Å². The van der Waals surface area contributed by atoms with Crippen molar-refractivity contribution >= 4 is 0 Å². The van der Waals surface area contributed by atoms with Crippen LogP contribution in [0.4, 0.5) is 17.6 Å². The second kappa shape index (κ2) is 11.4.